The summed E-state index contributed by atoms with van der Waals surface area (Å²) in [5.41, 5.74) is 2.32. The van der Waals surface area contributed by atoms with Gasteiger partial charge in [-0.2, -0.15) is 0 Å². The van der Waals surface area contributed by atoms with Crippen molar-refractivity contribution in [3.63, 3.8) is 0 Å². The number of fused-ring (bicyclic) bond motifs is 1. The molecule has 1 aromatic carbocycles. The molecule has 0 saturated carbocycles. The molecule has 108 valence electrons. The van der Waals surface area contributed by atoms with Crippen molar-refractivity contribution in [3.8, 4) is 0 Å². The maximum Gasteiger partial charge on any atom is 0.240 e. The molecule has 4 heteroatoms. The van der Waals surface area contributed by atoms with Crippen LogP contribution in [-0.2, 0) is 11.2 Å². The Labute approximate surface area is 129 Å². The van der Waals surface area contributed by atoms with Crippen molar-refractivity contribution in [3.05, 3.63) is 54.2 Å². The van der Waals surface area contributed by atoms with Gasteiger partial charge in [-0.25, -0.2) is 4.98 Å². The normalized spacial score (nSPS) is 18.4. The highest BCUT2D eigenvalue weighted by Crippen LogP contribution is 2.34. The van der Waals surface area contributed by atoms with Gasteiger partial charge in [-0.3, -0.25) is 4.79 Å². The molecule has 0 unspecified atom stereocenters. The highest BCUT2D eigenvalue weighted by atomic mass is 32.2. The van der Waals surface area contributed by atoms with Gasteiger partial charge in [0.25, 0.3) is 0 Å². The van der Waals surface area contributed by atoms with Crippen LogP contribution in [0.3, 0.4) is 0 Å². The Morgan fingerprint density at radius 1 is 1.29 bits per heavy atom. The molecule has 1 aliphatic rings. The first-order valence-corrected chi connectivity index (χ1v) is 8.03. The fourth-order valence-corrected chi connectivity index (χ4v) is 3.60. The Hall–Kier alpha value is -1.81. The summed E-state index contributed by atoms with van der Waals surface area (Å²) < 4.78 is 0. The van der Waals surface area contributed by atoms with E-state index in [2.05, 4.69) is 18.0 Å². The Kier molecular flexibility index (Phi) is 3.97. The van der Waals surface area contributed by atoms with Crippen LogP contribution in [0.15, 0.2) is 53.7 Å². The first-order valence-electron chi connectivity index (χ1n) is 7.15. The van der Waals surface area contributed by atoms with Crippen LogP contribution in [0.5, 0.6) is 0 Å². The molecule has 0 bridgehead atoms. The summed E-state index contributed by atoms with van der Waals surface area (Å²) in [6.07, 6.45) is 2.69. The molecular formula is C17H18N2OS. The van der Waals surface area contributed by atoms with Crippen LogP contribution < -0.4 is 4.90 Å². The molecule has 0 saturated heterocycles. The van der Waals surface area contributed by atoms with Crippen molar-refractivity contribution in [1.82, 2.24) is 4.98 Å². The van der Waals surface area contributed by atoms with Crippen molar-refractivity contribution < 1.29 is 4.79 Å². The lowest BCUT2D eigenvalue weighted by atomic mass is 10.1. The van der Waals surface area contributed by atoms with E-state index in [1.54, 1.807) is 6.20 Å². The van der Waals surface area contributed by atoms with Gasteiger partial charge in [-0.15, -0.1) is 0 Å². The second-order valence-electron chi connectivity index (χ2n) is 5.32. The zero-order valence-electron chi connectivity index (χ0n) is 12.2. The van der Waals surface area contributed by atoms with Crippen molar-refractivity contribution >= 4 is 23.4 Å². The number of aromatic nitrogens is 1. The van der Waals surface area contributed by atoms with E-state index >= 15 is 0 Å². The van der Waals surface area contributed by atoms with Gasteiger partial charge in [0.2, 0.25) is 5.91 Å². The van der Waals surface area contributed by atoms with Crippen LogP contribution in [0.2, 0.25) is 0 Å². The maximum atomic E-state index is 12.8. The molecule has 2 aromatic rings. The third-order valence-corrected chi connectivity index (χ3v) is 4.77. The average Bonchev–Trinajstić information content (AvgIpc) is 2.83. The van der Waals surface area contributed by atoms with Gasteiger partial charge >= 0.3 is 0 Å². The molecule has 3 rings (SSSR count). The summed E-state index contributed by atoms with van der Waals surface area (Å²) in [6.45, 7) is 4.06. The van der Waals surface area contributed by atoms with Crippen LogP contribution in [0.4, 0.5) is 5.69 Å². The van der Waals surface area contributed by atoms with Gasteiger partial charge in [0.1, 0.15) is 0 Å². The van der Waals surface area contributed by atoms with Crippen LogP contribution in [-0.4, -0.2) is 22.2 Å². The van der Waals surface area contributed by atoms with E-state index in [1.165, 1.54) is 17.3 Å². The highest BCUT2D eigenvalue weighted by molar-refractivity contribution is 8.00. The molecule has 0 aliphatic carbocycles. The van der Waals surface area contributed by atoms with Gasteiger partial charge in [0, 0.05) is 17.9 Å². The Balaban J connectivity index is 1.79. The molecule has 1 amide bonds. The van der Waals surface area contributed by atoms with E-state index in [0.29, 0.717) is 0 Å². The molecular weight excluding hydrogens is 280 g/mol. The SMILES string of the molecule is C[C@@H](Sc1ccccn1)C(=O)N1c2ccccc2C[C@@H]1C. The van der Waals surface area contributed by atoms with Crippen molar-refractivity contribution in [2.45, 2.75) is 36.6 Å². The van der Waals surface area contributed by atoms with Crippen LogP contribution in [0, 0.1) is 0 Å². The Morgan fingerprint density at radius 2 is 2.05 bits per heavy atom. The smallest absolute Gasteiger partial charge is 0.240 e. The molecule has 2 heterocycles. The number of carbonyl (C=O) groups is 1. The summed E-state index contributed by atoms with van der Waals surface area (Å²) in [6, 6.07) is 14.2. The van der Waals surface area contributed by atoms with E-state index in [1.807, 2.05) is 48.2 Å². The fraction of sp³-hybridized carbons (Fsp3) is 0.294. The number of rotatable bonds is 3. The fourth-order valence-electron chi connectivity index (χ4n) is 2.75. The van der Waals surface area contributed by atoms with E-state index in [9.17, 15) is 4.79 Å². The predicted molar refractivity (Wildman–Crippen MR) is 86.7 cm³/mol. The first-order chi connectivity index (χ1) is 10.2. The second kappa shape index (κ2) is 5.90. The number of anilines is 1. The standard InChI is InChI=1S/C17H18N2OS/c1-12-11-14-7-3-4-8-15(14)19(12)17(20)13(2)21-16-9-5-6-10-18-16/h3-10,12-13H,11H2,1-2H3/t12-,13+/m0/s1. The summed E-state index contributed by atoms with van der Waals surface area (Å²) in [4.78, 5) is 19.0. The quantitative estimate of drug-likeness (QED) is 0.813. The minimum absolute atomic E-state index is 0.145. The van der Waals surface area contributed by atoms with E-state index in [0.717, 1.165) is 17.1 Å². The van der Waals surface area contributed by atoms with E-state index < -0.39 is 0 Å². The van der Waals surface area contributed by atoms with E-state index in [-0.39, 0.29) is 17.2 Å². The zero-order valence-corrected chi connectivity index (χ0v) is 13.0. The van der Waals surface area contributed by atoms with Crippen LogP contribution in [0.25, 0.3) is 0 Å². The van der Waals surface area contributed by atoms with Crippen LogP contribution in [0.1, 0.15) is 19.4 Å². The van der Waals surface area contributed by atoms with Crippen molar-refractivity contribution in [2.75, 3.05) is 4.90 Å². The predicted octanol–water partition coefficient (Wildman–Crippen LogP) is 3.54. The molecule has 0 radical (unpaired) electrons. The topological polar surface area (TPSA) is 33.2 Å². The van der Waals surface area contributed by atoms with Gasteiger partial charge < -0.3 is 4.90 Å². The lowest BCUT2D eigenvalue weighted by Gasteiger charge is -2.25. The Bertz CT molecular complexity index is 644. The van der Waals surface area contributed by atoms with Crippen molar-refractivity contribution in [1.29, 1.82) is 0 Å². The minimum atomic E-state index is -0.145. The summed E-state index contributed by atoms with van der Waals surface area (Å²) in [7, 11) is 0. The molecule has 2 atom stereocenters. The maximum absolute atomic E-state index is 12.8. The molecule has 1 aromatic heterocycles. The summed E-state index contributed by atoms with van der Waals surface area (Å²) in [5.74, 6) is 0.156. The first kappa shape index (κ1) is 14.1. The van der Waals surface area contributed by atoms with Crippen molar-refractivity contribution in [2.24, 2.45) is 0 Å². The largest absolute Gasteiger partial charge is 0.308 e. The molecule has 0 N–H and O–H groups in total. The summed E-state index contributed by atoms with van der Waals surface area (Å²) >= 11 is 1.51. The third-order valence-electron chi connectivity index (χ3n) is 3.73. The van der Waals surface area contributed by atoms with Crippen LogP contribution >= 0.6 is 11.8 Å². The number of hydrogen-bond acceptors (Lipinski definition) is 3. The number of nitrogens with zero attached hydrogens (tertiary/aromatic N) is 2. The van der Waals surface area contributed by atoms with Gasteiger partial charge in [0.15, 0.2) is 0 Å². The number of benzene rings is 1. The molecule has 21 heavy (non-hydrogen) atoms. The molecule has 0 spiro atoms. The number of amides is 1. The number of pyridine rings is 1. The molecule has 3 nitrogen and oxygen atoms in total. The van der Waals surface area contributed by atoms with Gasteiger partial charge in [-0.1, -0.05) is 36.0 Å². The lowest BCUT2D eigenvalue weighted by Crippen LogP contribution is -2.40. The molecule has 1 aliphatic heterocycles. The number of hydrogen-bond donors (Lipinski definition) is 0. The van der Waals surface area contributed by atoms with E-state index in [4.69, 9.17) is 0 Å². The lowest BCUT2D eigenvalue weighted by molar-refractivity contribution is -0.118. The summed E-state index contributed by atoms with van der Waals surface area (Å²) in [5, 5.41) is 0.743. The average molecular weight is 298 g/mol. The highest BCUT2D eigenvalue weighted by Gasteiger charge is 2.33. The minimum Gasteiger partial charge on any atom is -0.308 e. The number of carbonyl (C=O) groups excluding carboxylic acids is 1. The van der Waals surface area contributed by atoms with Gasteiger partial charge in [0.05, 0.1) is 10.3 Å². The monoisotopic (exact) mass is 298 g/mol. The molecule has 0 fully saturated rings. The number of thioether (sulfide) groups is 1. The zero-order chi connectivity index (χ0) is 14.8. The van der Waals surface area contributed by atoms with Gasteiger partial charge in [-0.05, 0) is 44.0 Å². The Morgan fingerprint density at radius 3 is 2.81 bits per heavy atom. The second-order valence-corrected chi connectivity index (χ2v) is 6.68. The third kappa shape index (κ3) is 2.81. The number of para-hydroxylation sites is 1.